The Morgan fingerprint density at radius 1 is 1.58 bits per heavy atom. The van der Waals surface area contributed by atoms with Crippen LogP contribution in [0.5, 0.6) is 0 Å². The Morgan fingerprint density at radius 3 is 3.00 bits per heavy atom. The fourth-order valence-corrected chi connectivity index (χ4v) is 2.20. The van der Waals surface area contributed by atoms with Crippen LogP contribution in [-0.4, -0.2) is 44.0 Å². The highest BCUT2D eigenvalue weighted by molar-refractivity contribution is 5.86. The van der Waals surface area contributed by atoms with Crippen LogP contribution in [-0.2, 0) is 9.53 Å². The Bertz CT molecular complexity index is 201. The van der Waals surface area contributed by atoms with E-state index in [4.69, 9.17) is 4.74 Å². The van der Waals surface area contributed by atoms with E-state index in [0.717, 1.165) is 19.5 Å². The summed E-state index contributed by atoms with van der Waals surface area (Å²) in [5, 5.41) is 0. The lowest BCUT2D eigenvalue weighted by molar-refractivity contribution is -0.139. The molecule has 0 aromatic heterocycles. The molecule has 2 rings (SSSR count). The van der Waals surface area contributed by atoms with Crippen molar-refractivity contribution in [2.24, 2.45) is 5.41 Å². The maximum Gasteiger partial charge on any atom is 0.144 e. The SMILES string of the molecule is CN1CCC2(COCCC2=O)C1. The summed E-state index contributed by atoms with van der Waals surface area (Å²) < 4.78 is 5.38. The largest absolute Gasteiger partial charge is 0.380 e. The minimum absolute atomic E-state index is 0.132. The highest BCUT2D eigenvalue weighted by Crippen LogP contribution is 2.34. The lowest BCUT2D eigenvalue weighted by Gasteiger charge is -2.31. The Hall–Kier alpha value is -0.410. The zero-order chi connectivity index (χ0) is 8.60. The number of Topliss-reactive ketones (excluding diaryl/α,β-unsaturated/α-hetero) is 1. The summed E-state index contributed by atoms with van der Waals surface area (Å²) in [6.07, 6.45) is 1.61. The third-order valence-electron chi connectivity index (χ3n) is 2.99. The van der Waals surface area contributed by atoms with Crippen LogP contribution >= 0.6 is 0 Å². The molecule has 2 fully saturated rings. The Morgan fingerprint density at radius 2 is 2.42 bits per heavy atom. The fraction of sp³-hybridized carbons (Fsp3) is 0.889. The van der Waals surface area contributed by atoms with Gasteiger partial charge in [0.15, 0.2) is 0 Å². The van der Waals surface area contributed by atoms with E-state index in [9.17, 15) is 4.79 Å². The van der Waals surface area contributed by atoms with E-state index in [1.54, 1.807) is 0 Å². The van der Waals surface area contributed by atoms with Gasteiger partial charge >= 0.3 is 0 Å². The molecule has 12 heavy (non-hydrogen) atoms. The number of ketones is 1. The second-order valence-electron chi connectivity index (χ2n) is 3.99. The van der Waals surface area contributed by atoms with E-state index in [-0.39, 0.29) is 5.41 Å². The predicted molar refractivity (Wildman–Crippen MR) is 45.0 cm³/mol. The van der Waals surface area contributed by atoms with Gasteiger partial charge in [0.05, 0.1) is 18.6 Å². The molecule has 0 aromatic rings. The molecule has 2 aliphatic rings. The first-order chi connectivity index (χ1) is 5.73. The van der Waals surface area contributed by atoms with Gasteiger partial charge in [-0.1, -0.05) is 0 Å². The van der Waals surface area contributed by atoms with E-state index >= 15 is 0 Å². The Kier molecular flexibility index (Phi) is 1.93. The highest BCUT2D eigenvalue weighted by Gasteiger charge is 2.44. The number of hydrogen-bond donors (Lipinski definition) is 0. The topological polar surface area (TPSA) is 29.5 Å². The van der Waals surface area contributed by atoms with Crippen molar-refractivity contribution < 1.29 is 9.53 Å². The average Bonchev–Trinajstić information content (AvgIpc) is 2.41. The molecule has 1 spiro atoms. The average molecular weight is 169 g/mol. The van der Waals surface area contributed by atoms with Crippen LogP contribution in [0.4, 0.5) is 0 Å². The standard InChI is InChI=1S/C9H15NO2/c1-10-4-3-9(6-10)7-12-5-2-8(9)11/h2-7H2,1H3. The van der Waals surface area contributed by atoms with Crippen molar-refractivity contribution >= 4 is 5.78 Å². The van der Waals surface area contributed by atoms with Crippen molar-refractivity contribution in [3.05, 3.63) is 0 Å². The van der Waals surface area contributed by atoms with Crippen molar-refractivity contribution in [1.29, 1.82) is 0 Å². The molecular weight excluding hydrogens is 154 g/mol. The molecule has 0 saturated carbocycles. The number of nitrogens with zero attached hydrogens (tertiary/aromatic N) is 1. The lowest BCUT2D eigenvalue weighted by Crippen LogP contribution is -2.42. The van der Waals surface area contributed by atoms with Gasteiger partial charge in [0.2, 0.25) is 0 Å². The zero-order valence-electron chi connectivity index (χ0n) is 7.51. The Labute approximate surface area is 72.7 Å². The van der Waals surface area contributed by atoms with Crippen molar-refractivity contribution in [1.82, 2.24) is 4.90 Å². The lowest BCUT2D eigenvalue weighted by atomic mass is 9.81. The number of carbonyl (C=O) groups is 1. The van der Waals surface area contributed by atoms with E-state index in [0.29, 0.717) is 25.4 Å². The molecule has 0 bridgehead atoms. The summed E-state index contributed by atoms with van der Waals surface area (Å²) in [6, 6.07) is 0. The van der Waals surface area contributed by atoms with Gasteiger partial charge in [-0.3, -0.25) is 4.79 Å². The maximum atomic E-state index is 11.7. The summed E-state index contributed by atoms with van der Waals surface area (Å²) in [5.41, 5.74) is -0.132. The van der Waals surface area contributed by atoms with Crippen LogP contribution in [0.1, 0.15) is 12.8 Å². The third kappa shape index (κ3) is 1.17. The summed E-state index contributed by atoms with van der Waals surface area (Å²) in [4.78, 5) is 13.9. The second-order valence-corrected chi connectivity index (χ2v) is 3.99. The molecule has 0 aliphatic carbocycles. The quantitative estimate of drug-likeness (QED) is 0.522. The maximum absolute atomic E-state index is 11.7. The molecule has 0 radical (unpaired) electrons. The highest BCUT2D eigenvalue weighted by atomic mass is 16.5. The van der Waals surface area contributed by atoms with Crippen molar-refractivity contribution in [3.63, 3.8) is 0 Å². The van der Waals surface area contributed by atoms with Gasteiger partial charge in [-0.05, 0) is 20.0 Å². The molecule has 2 saturated heterocycles. The van der Waals surface area contributed by atoms with Gasteiger partial charge < -0.3 is 9.64 Å². The number of rotatable bonds is 0. The normalized spacial score (nSPS) is 37.9. The minimum Gasteiger partial charge on any atom is -0.380 e. The van der Waals surface area contributed by atoms with Crippen molar-refractivity contribution in [3.8, 4) is 0 Å². The summed E-state index contributed by atoms with van der Waals surface area (Å²) in [7, 11) is 2.07. The molecule has 0 N–H and O–H groups in total. The van der Waals surface area contributed by atoms with Crippen molar-refractivity contribution in [2.75, 3.05) is 33.4 Å². The number of likely N-dealkylation sites (tertiary alicyclic amines) is 1. The smallest absolute Gasteiger partial charge is 0.144 e. The zero-order valence-corrected chi connectivity index (χ0v) is 7.51. The van der Waals surface area contributed by atoms with E-state index in [2.05, 4.69) is 11.9 Å². The van der Waals surface area contributed by atoms with Crippen LogP contribution in [0.25, 0.3) is 0 Å². The van der Waals surface area contributed by atoms with E-state index in [1.165, 1.54) is 0 Å². The first-order valence-electron chi connectivity index (χ1n) is 4.53. The molecule has 2 aliphatic heterocycles. The molecule has 0 aromatic carbocycles. The molecule has 2 heterocycles. The molecule has 0 amide bonds. The van der Waals surface area contributed by atoms with E-state index in [1.807, 2.05) is 0 Å². The fourth-order valence-electron chi connectivity index (χ4n) is 2.20. The van der Waals surface area contributed by atoms with Crippen molar-refractivity contribution in [2.45, 2.75) is 12.8 Å². The van der Waals surface area contributed by atoms with Crippen LogP contribution in [0, 0.1) is 5.41 Å². The van der Waals surface area contributed by atoms with Gasteiger partial charge in [0.1, 0.15) is 5.78 Å². The molecule has 1 unspecified atom stereocenters. The predicted octanol–water partition coefficient (Wildman–Crippen LogP) is 0.298. The first-order valence-corrected chi connectivity index (χ1v) is 4.53. The van der Waals surface area contributed by atoms with Crippen LogP contribution in [0.2, 0.25) is 0 Å². The molecule has 1 atom stereocenters. The van der Waals surface area contributed by atoms with E-state index < -0.39 is 0 Å². The van der Waals surface area contributed by atoms with Gasteiger partial charge in [-0.15, -0.1) is 0 Å². The van der Waals surface area contributed by atoms with Crippen LogP contribution in [0.3, 0.4) is 0 Å². The van der Waals surface area contributed by atoms with Gasteiger partial charge in [0.25, 0.3) is 0 Å². The number of carbonyl (C=O) groups excluding carboxylic acids is 1. The molecule has 3 heteroatoms. The second kappa shape index (κ2) is 2.82. The molecule has 3 nitrogen and oxygen atoms in total. The monoisotopic (exact) mass is 169 g/mol. The van der Waals surface area contributed by atoms with Gasteiger partial charge in [0, 0.05) is 13.0 Å². The van der Waals surface area contributed by atoms with Gasteiger partial charge in [-0.25, -0.2) is 0 Å². The first kappa shape index (κ1) is 8.20. The van der Waals surface area contributed by atoms with Crippen LogP contribution < -0.4 is 0 Å². The molecular formula is C9H15NO2. The Balaban J connectivity index is 2.13. The number of hydrogen-bond acceptors (Lipinski definition) is 3. The summed E-state index contributed by atoms with van der Waals surface area (Å²) in [5.74, 6) is 0.415. The van der Waals surface area contributed by atoms with Crippen LogP contribution in [0.15, 0.2) is 0 Å². The third-order valence-corrected chi connectivity index (χ3v) is 2.99. The molecule has 68 valence electrons. The summed E-state index contributed by atoms with van der Waals surface area (Å²) >= 11 is 0. The van der Waals surface area contributed by atoms with Gasteiger partial charge in [-0.2, -0.15) is 0 Å². The number of ether oxygens (including phenoxy) is 1. The summed E-state index contributed by atoms with van der Waals surface area (Å²) in [6.45, 7) is 3.21. The minimum atomic E-state index is -0.132.